The van der Waals surface area contributed by atoms with Crippen LogP contribution in [-0.2, 0) is 25.5 Å². The van der Waals surface area contributed by atoms with E-state index in [0.29, 0.717) is 6.42 Å². The zero-order valence-electron chi connectivity index (χ0n) is 9.42. The van der Waals surface area contributed by atoms with Crippen molar-refractivity contribution in [3.8, 4) is 0 Å². The van der Waals surface area contributed by atoms with Crippen LogP contribution in [0.5, 0.6) is 0 Å². The van der Waals surface area contributed by atoms with E-state index in [1.165, 1.54) is 0 Å². The molecule has 0 saturated carbocycles. The Hall–Kier alpha value is -0.910. The Morgan fingerprint density at radius 1 is 1.25 bits per heavy atom. The van der Waals surface area contributed by atoms with Crippen molar-refractivity contribution in [3.63, 3.8) is 0 Å². The van der Waals surface area contributed by atoms with Crippen LogP contribution in [0.4, 0.5) is 0 Å². The van der Waals surface area contributed by atoms with Crippen LogP contribution in [0, 0.1) is 0 Å². The van der Waals surface area contributed by atoms with Gasteiger partial charge in [0.15, 0.2) is 0 Å². The molecule has 0 fully saturated rings. The van der Waals surface area contributed by atoms with Crippen molar-refractivity contribution in [2.45, 2.75) is 12.5 Å². The summed E-state index contributed by atoms with van der Waals surface area (Å²) in [4.78, 5) is 0. The van der Waals surface area contributed by atoms with Gasteiger partial charge in [0.2, 0.25) is 0 Å². The van der Waals surface area contributed by atoms with Gasteiger partial charge in [0, 0.05) is 13.5 Å². The van der Waals surface area contributed by atoms with Gasteiger partial charge in [-0.2, -0.15) is 8.42 Å². The van der Waals surface area contributed by atoms with Gasteiger partial charge in [0.05, 0.1) is 19.0 Å². The fourth-order valence-corrected chi connectivity index (χ4v) is 1.69. The Bertz CT molecular complexity index is 399. The number of hydrogen-bond donors (Lipinski definition) is 0. The highest BCUT2D eigenvalue weighted by atomic mass is 32.2. The van der Waals surface area contributed by atoms with Crippen LogP contribution in [-0.4, -0.2) is 34.5 Å². The van der Waals surface area contributed by atoms with Gasteiger partial charge in [-0.1, -0.05) is 30.3 Å². The van der Waals surface area contributed by atoms with E-state index in [-0.39, 0.29) is 12.7 Å². The summed E-state index contributed by atoms with van der Waals surface area (Å²) >= 11 is 0. The van der Waals surface area contributed by atoms with Crippen LogP contribution >= 0.6 is 0 Å². The van der Waals surface area contributed by atoms with Crippen LogP contribution in [0.25, 0.3) is 0 Å². The van der Waals surface area contributed by atoms with Crippen molar-refractivity contribution in [1.29, 1.82) is 0 Å². The fourth-order valence-electron chi connectivity index (χ4n) is 1.29. The van der Waals surface area contributed by atoms with Gasteiger partial charge < -0.3 is 4.74 Å². The molecule has 0 spiro atoms. The van der Waals surface area contributed by atoms with Crippen LogP contribution in [0.1, 0.15) is 5.56 Å². The Morgan fingerprint density at radius 2 is 1.88 bits per heavy atom. The fraction of sp³-hybridized carbons (Fsp3) is 0.455. The zero-order valence-corrected chi connectivity index (χ0v) is 10.2. The molecule has 1 aromatic rings. The van der Waals surface area contributed by atoms with E-state index in [1.807, 2.05) is 30.3 Å². The molecule has 1 rings (SSSR count). The van der Waals surface area contributed by atoms with E-state index in [2.05, 4.69) is 0 Å². The molecule has 0 saturated heterocycles. The van der Waals surface area contributed by atoms with Crippen molar-refractivity contribution in [3.05, 3.63) is 35.9 Å². The molecular weight excluding hydrogens is 228 g/mol. The first-order chi connectivity index (χ1) is 7.51. The summed E-state index contributed by atoms with van der Waals surface area (Å²) in [6, 6.07) is 9.72. The van der Waals surface area contributed by atoms with Crippen molar-refractivity contribution in [2.75, 3.05) is 20.0 Å². The molecule has 1 atom stereocenters. The van der Waals surface area contributed by atoms with E-state index in [1.54, 1.807) is 7.11 Å². The van der Waals surface area contributed by atoms with Crippen LogP contribution < -0.4 is 0 Å². The molecule has 4 nitrogen and oxygen atoms in total. The molecule has 0 amide bonds. The van der Waals surface area contributed by atoms with E-state index in [9.17, 15) is 8.42 Å². The third kappa shape index (κ3) is 5.25. The third-order valence-corrected chi connectivity index (χ3v) is 2.67. The Morgan fingerprint density at radius 3 is 2.38 bits per heavy atom. The highest BCUT2D eigenvalue weighted by Crippen LogP contribution is 2.06. The minimum Gasteiger partial charge on any atom is -0.379 e. The summed E-state index contributed by atoms with van der Waals surface area (Å²) in [5, 5.41) is 0. The lowest BCUT2D eigenvalue weighted by Crippen LogP contribution is -2.22. The standard InChI is InChI=1S/C11H16O4S/c1-14-11(9-15-16(2,12)13)8-10-6-4-3-5-7-10/h3-7,11H,8-9H2,1-2H3. The molecule has 0 radical (unpaired) electrons. The summed E-state index contributed by atoms with van der Waals surface area (Å²) in [6.45, 7) is 0.0459. The summed E-state index contributed by atoms with van der Waals surface area (Å²) in [5.41, 5.74) is 1.09. The summed E-state index contributed by atoms with van der Waals surface area (Å²) in [6.07, 6.45) is 1.41. The minimum absolute atomic E-state index is 0.0459. The highest BCUT2D eigenvalue weighted by molar-refractivity contribution is 7.85. The molecule has 0 aromatic heterocycles. The Labute approximate surface area is 96.3 Å². The van der Waals surface area contributed by atoms with Crippen LogP contribution in [0.2, 0.25) is 0 Å². The molecule has 0 aliphatic carbocycles. The van der Waals surface area contributed by atoms with E-state index < -0.39 is 10.1 Å². The predicted octanol–water partition coefficient (Wildman–Crippen LogP) is 1.22. The number of rotatable bonds is 6. The van der Waals surface area contributed by atoms with Crippen molar-refractivity contribution >= 4 is 10.1 Å². The number of methoxy groups -OCH3 is 1. The lowest BCUT2D eigenvalue weighted by molar-refractivity contribution is 0.0610. The third-order valence-electron chi connectivity index (χ3n) is 2.11. The maximum Gasteiger partial charge on any atom is 0.264 e. The smallest absolute Gasteiger partial charge is 0.264 e. The highest BCUT2D eigenvalue weighted by Gasteiger charge is 2.12. The topological polar surface area (TPSA) is 52.6 Å². The predicted molar refractivity (Wildman–Crippen MR) is 61.7 cm³/mol. The van der Waals surface area contributed by atoms with Gasteiger partial charge in [-0.3, -0.25) is 4.18 Å². The largest absolute Gasteiger partial charge is 0.379 e. The molecule has 0 bridgehead atoms. The Balaban J connectivity index is 2.50. The molecule has 1 aromatic carbocycles. The summed E-state index contributed by atoms with van der Waals surface area (Å²) < 4.78 is 31.5. The van der Waals surface area contributed by atoms with Gasteiger partial charge >= 0.3 is 0 Å². The van der Waals surface area contributed by atoms with Gasteiger partial charge in [-0.05, 0) is 5.56 Å². The molecule has 0 heterocycles. The van der Waals surface area contributed by atoms with E-state index in [0.717, 1.165) is 11.8 Å². The van der Waals surface area contributed by atoms with Gasteiger partial charge in [0.1, 0.15) is 0 Å². The second kappa shape index (κ2) is 5.98. The maximum absolute atomic E-state index is 10.8. The summed E-state index contributed by atoms with van der Waals surface area (Å²) in [7, 11) is -1.86. The number of benzene rings is 1. The zero-order chi connectivity index (χ0) is 12.0. The second-order valence-corrected chi connectivity index (χ2v) is 5.18. The molecule has 5 heteroatoms. The first-order valence-electron chi connectivity index (χ1n) is 4.92. The lowest BCUT2D eigenvalue weighted by atomic mass is 10.1. The SMILES string of the molecule is COC(COS(C)(=O)=O)Cc1ccccc1. The second-order valence-electron chi connectivity index (χ2n) is 3.54. The first-order valence-corrected chi connectivity index (χ1v) is 6.74. The van der Waals surface area contributed by atoms with Crippen molar-refractivity contribution in [2.24, 2.45) is 0 Å². The van der Waals surface area contributed by atoms with Gasteiger partial charge in [0.25, 0.3) is 10.1 Å². The molecule has 1 unspecified atom stereocenters. The minimum atomic E-state index is -3.40. The normalized spacial score (nSPS) is 13.6. The van der Waals surface area contributed by atoms with Crippen LogP contribution in [0.15, 0.2) is 30.3 Å². The average Bonchev–Trinajstić information content (AvgIpc) is 2.24. The Kier molecular flexibility index (Phi) is 4.92. The van der Waals surface area contributed by atoms with E-state index in [4.69, 9.17) is 8.92 Å². The average molecular weight is 244 g/mol. The van der Waals surface area contributed by atoms with Gasteiger partial charge in [-0.15, -0.1) is 0 Å². The number of ether oxygens (including phenoxy) is 1. The van der Waals surface area contributed by atoms with Crippen molar-refractivity contribution in [1.82, 2.24) is 0 Å². The summed E-state index contributed by atoms with van der Waals surface area (Å²) in [5.74, 6) is 0. The monoisotopic (exact) mass is 244 g/mol. The molecule has 16 heavy (non-hydrogen) atoms. The van der Waals surface area contributed by atoms with Crippen molar-refractivity contribution < 1.29 is 17.3 Å². The first kappa shape index (κ1) is 13.2. The molecule has 0 aliphatic rings. The van der Waals surface area contributed by atoms with Crippen LogP contribution in [0.3, 0.4) is 0 Å². The number of hydrogen-bond acceptors (Lipinski definition) is 4. The molecular formula is C11H16O4S. The molecule has 90 valence electrons. The van der Waals surface area contributed by atoms with Gasteiger partial charge in [-0.25, -0.2) is 0 Å². The lowest BCUT2D eigenvalue weighted by Gasteiger charge is -2.14. The molecule has 0 N–H and O–H groups in total. The quantitative estimate of drug-likeness (QED) is 0.706. The molecule has 0 aliphatic heterocycles. The maximum atomic E-state index is 10.8. The van der Waals surface area contributed by atoms with E-state index >= 15 is 0 Å².